The largest absolute Gasteiger partial charge is 0.481 e. The van der Waals surface area contributed by atoms with Gasteiger partial charge in [-0.1, -0.05) is 0 Å². The highest BCUT2D eigenvalue weighted by Crippen LogP contribution is 2.24. The van der Waals surface area contributed by atoms with Crippen molar-refractivity contribution < 1.29 is 29.4 Å². The first-order valence-corrected chi connectivity index (χ1v) is 3.94. The fourth-order valence-corrected chi connectivity index (χ4v) is 1.39. The van der Waals surface area contributed by atoms with Crippen molar-refractivity contribution in [2.45, 2.75) is 12.8 Å². The van der Waals surface area contributed by atoms with E-state index in [1.165, 1.54) is 0 Å². The maximum atomic E-state index is 11.0. The molecular weight excluding hydrogens is 192 g/mol. The Balaban J connectivity index is 2.86. The van der Waals surface area contributed by atoms with Gasteiger partial charge >= 0.3 is 11.9 Å². The molecule has 1 aliphatic carbocycles. The third-order valence-corrected chi connectivity index (χ3v) is 2.19. The van der Waals surface area contributed by atoms with E-state index in [0.29, 0.717) is 0 Å². The molecule has 14 heavy (non-hydrogen) atoms. The molecule has 0 heterocycles. The van der Waals surface area contributed by atoms with Gasteiger partial charge in [0.15, 0.2) is 11.6 Å². The van der Waals surface area contributed by atoms with Gasteiger partial charge in [0, 0.05) is 0 Å². The Labute approximate surface area is 78.5 Å². The predicted octanol–water partition coefficient (Wildman–Crippen LogP) is -0.680. The zero-order valence-electron chi connectivity index (χ0n) is 7.10. The molecule has 0 saturated heterocycles. The SMILES string of the molecule is O=C(O)C1CC(C(=O)O)C(=O)CC1=O. The molecule has 0 aliphatic heterocycles. The summed E-state index contributed by atoms with van der Waals surface area (Å²) in [4.78, 5) is 43.1. The Bertz CT molecular complexity index is 288. The van der Waals surface area contributed by atoms with Crippen LogP contribution in [0.25, 0.3) is 0 Å². The maximum absolute atomic E-state index is 11.0. The molecule has 0 aromatic heterocycles. The van der Waals surface area contributed by atoms with Crippen LogP contribution in [-0.4, -0.2) is 33.7 Å². The van der Waals surface area contributed by atoms with Gasteiger partial charge in [-0.05, 0) is 6.42 Å². The Morgan fingerprint density at radius 1 is 1.00 bits per heavy atom. The summed E-state index contributed by atoms with van der Waals surface area (Å²) in [6, 6.07) is 0. The number of rotatable bonds is 2. The van der Waals surface area contributed by atoms with Crippen LogP contribution in [0.5, 0.6) is 0 Å². The van der Waals surface area contributed by atoms with Gasteiger partial charge in [-0.25, -0.2) is 0 Å². The van der Waals surface area contributed by atoms with Gasteiger partial charge in [0.1, 0.15) is 11.8 Å². The van der Waals surface area contributed by atoms with Crippen LogP contribution in [-0.2, 0) is 19.2 Å². The molecule has 6 heteroatoms. The summed E-state index contributed by atoms with van der Waals surface area (Å²) < 4.78 is 0. The number of hydrogen-bond acceptors (Lipinski definition) is 4. The van der Waals surface area contributed by atoms with Gasteiger partial charge in [-0.2, -0.15) is 0 Å². The number of carbonyl (C=O) groups is 4. The van der Waals surface area contributed by atoms with E-state index < -0.39 is 48.2 Å². The maximum Gasteiger partial charge on any atom is 0.314 e. The number of carbonyl (C=O) groups excluding carboxylic acids is 2. The van der Waals surface area contributed by atoms with E-state index in [1.807, 2.05) is 0 Å². The van der Waals surface area contributed by atoms with Crippen molar-refractivity contribution >= 4 is 23.5 Å². The lowest BCUT2D eigenvalue weighted by molar-refractivity contribution is -0.154. The van der Waals surface area contributed by atoms with Crippen LogP contribution in [0.1, 0.15) is 12.8 Å². The molecule has 1 aliphatic rings. The first-order chi connectivity index (χ1) is 6.43. The van der Waals surface area contributed by atoms with Crippen LogP contribution in [0.3, 0.4) is 0 Å². The summed E-state index contributed by atoms with van der Waals surface area (Å²) in [6.07, 6.45) is -1.02. The van der Waals surface area contributed by atoms with Crippen LogP contribution < -0.4 is 0 Å². The summed E-state index contributed by atoms with van der Waals surface area (Å²) in [6.45, 7) is 0. The molecule has 76 valence electrons. The average Bonchev–Trinajstić information content (AvgIpc) is 2.02. The monoisotopic (exact) mass is 200 g/mol. The molecular formula is C8H8O6. The Hall–Kier alpha value is -1.72. The first-order valence-electron chi connectivity index (χ1n) is 3.94. The van der Waals surface area contributed by atoms with Crippen LogP contribution in [0.4, 0.5) is 0 Å². The van der Waals surface area contributed by atoms with Crippen molar-refractivity contribution in [3.63, 3.8) is 0 Å². The third-order valence-electron chi connectivity index (χ3n) is 2.19. The van der Waals surface area contributed by atoms with E-state index in [0.717, 1.165) is 0 Å². The summed E-state index contributed by atoms with van der Waals surface area (Å²) in [7, 11) is 0. The standard InChI is InChI=1S/C8H8O6/c9-5-2-6(10)4(8(13)14)1-3(5)7(11)12/h3-4H,1-2H2,(H,11,12)(H,13,14). The number of carboxylic acid groups (broad SMARTS) is 2. The molecule has 0 radical (unpaired) electrons. The predicted molar refractivity (Wildman–Crippen MR) is 41.5 cm³/mol. The summed E-state index contributed by atoms with van der Waals surface area (Å²) >= 11 is 0. The first kappa shape index (κ1) is 10.4. The molecule has 2 N–H and O–H groups in total. The Morgan fingerprint density at radius 3 is 1.64 bits per heavy atom. The normalized spacial score (nSPS) is 27.4. The smallest absolute Gasteiger partial charge is 0.314 e. The zero-order valence-corrected chi connectivity index (χ0v) is 7.10. The third kappa shape index (κ3) is 1.78. The lowest BCUT2D eigenvalue weighted by Crippen LogP contribution is -2.39. The van der Waals surface area contributed by atoms with Crippen LogP contribution >= 0.6 is 0 Å². The van der Waals surface area contributed by atoms with Crippen molar-refractivity contribution in [3.05, 3.63) is 0 Å². The summed E-state index contributed by atoms with van der Waals surface area (Å²) in [5.41, 5.74) is 0. The minimum absolute atomic E-state index is 0.428. The lowest BCUT2D eigenvalue weighted by Gasteiger charge is -2.21. The summed E-state index contributed by atoms with van der Waals surface area (Å²) in [5, 5.41) is 17.1. The minimum atomic E-state index is -1.37. The summed E-state index contributed by atoms with van der Waals surface area (Å²) in [5.74, 6) is -6.86. The molecule has 0 amide bonds. The topological polar surface area (TPSA) is 109 Å². The van der Waals surface area contributed by atoms with Gasteiger partial charge in [0.25, 0.3) is 0 Å². The molecule has 0 aromatic rings. The van der Waals surface area contributed by atoms with E-state index in [9.17, 15) is 19.2 Å². The average molecular weight is 200 g/mol. The highest BCUT2D eigenvalue weighted by Gasteiger charge is 2.41. The van der Waals surface area contributed by atoms with Crippen molar-refractivity contribution in [2.24, 2.45) is 11.8 Å². The molecule has 2 atom stereocenters. The molecule has 6 nitrogen and oxygen atoms in total. The number of Topliss-reactive ketones (excluding diaryl/α,β-unsaturated/α-hetero) is 2. The van der Waals surface area contributed by atoms with Gasteiger partial charge in [-0.15, -0.1) is 0 Å². The number of ketones is 2. The van der Waals surface area contributed by atoms with Gasteiger partial charge < -0.3 is 10.2 Å². The van der Waals surface area contributed by atoms with Gasteiger partial charge in [0.2, 0.25) is 0 Å². The van der Waals surface area contributed by atoms with Gasteiger partial charge in [-0.3, -0.25) is 19.2 Å². The van der Waals surface area contributed by atoms with E-state index >= 15 is 0 Å². The van der Waals surface area contributed by atoms with E-state index in [4.69, 9.17) is 10.2 Å². The number of aliphatic carboxylic acids is 2. The second-order valence-electron chi connectivity index (χ2n) is 3.13. The van der Waals surface area contributed by atoms with Crippen molar-refractivity contribution in [1.29, 1.82) is 0 Å². The quantitative estimate of drug-likeness (QED) is 0.571. The molecule has 1 fully saturated rings. The molecule has 0 bridgehead atoms. The molecule has 0 spiro atoms. The molecule has 1 saturated carbocycles. The van der Waals surface area contributed by atoms with Crippen molar-refractivity contribution in [3.8, 4) is 0 Å². The van der Waals surface area contributed by atoms with Gasteiger partial charge in [0.05, 0.1) is 6.42 Å². The molecule has 2 unspecified atom stereocenters. The molecule has 1 rings (SSSR count). The Morgan fingerprint density at radius 2 is 1.36 bits per heavy atom. The van der Waals surface area contributed by atoms with E-state index in [-0.39, 0.29) is 0 Å². The lowest BCUT2D eigenvalue weighted by atomic mass is 9.79. The fraction of sp³-hybridized carbons (Fsp3) is 0.500. The van der Waals surface area contributed by atoms with Crippen LogP contribution in [0.15, 0.2) is 0 Å². The number of carboxylic acids is 2. The highest BCUT2D eigenvalue weighted by molar-refractivity contribution is 6.14. The van der Waals surface area contributed by atoms with Crippen molar-refractivity contribution in [1.82, 2.24) is 0 Å². The number of hydrogen-bond donors (Lipinski definition) is 2. The fourth-order valence-electron chi connectivity index (χ4n) is 1.39. The molecule has 0 aromatic carbocycles. The second-order valence-corrected chi connectivity index (χ2v) is 3.13. The van der Waals surface area contributed by atoms with Crippen LogP contribution in [0, 0.1) is 11.8 Å². The van der Waals surface area contributed by atoms with E-state index in [1.54, 1.807) is 0 Å². The Kier molecular flexibility index (Phi) is 2.64. The van der Waals surface area contributed by atoms with Crippen LogP contribution in [0.2, 0.25) is 0 Å². The highest BCUT2D eigenvalue weighted by atomic mass is 16.4. The van der Waals surface area contributed by atoms with E-state index in [2.05, 4.69) is 0 Å². The second kappa shape index (κ2) is 3.57. The van der Waals surface area contributed by atoms with Crippen molar-refractivity contribution in [2.75, 3.05) is 0 Å². The zero-order chi connectivity index (χ0) is 10.9. The minimum Gasteiger partial charge on any atom is -0.481 e.